The molecule has 0 bridgehead atoms. The summed E-state index contributed by atoms with van der Waals surface area (Å²) in [6.45, 7) is 9.97. The number of methoxy groups -OCH3 is 1. The number of benzene rings is 1. The zero-order valence-electron chi connectivity index (χ0n) is 12.2. The Morgan fingerprint density at radius 2 is 1.78 bits per heavy atom. The third-order valence-corrected chi connectivity index (χ3v) is 2.99. The van der Waals surface area contributed by atoms with Crippen LogP contribution in [-0.4, -0.2) is 24.4 Å². The predicted octanol–water partition coefficient (Wildman–Crippen LogP) is 3.14. The lowest BCUT2D eigenvalue weighted by Crippen LogP contribution is -2.27. The van der Waals surface area contributed by atoms with Crippen LogP contribution in [0.4, 0.5) is 0 Å². The number of ether oxygens (including phenoxy) is 2. The average Bonchev–Trinajstić information content (AvgIpc) is 2.27. The van der Waals surface area contributed by atoms with E-state index in [0.29, 0.717) is 0 Å². The largest absolute Gasteiger partial charge is 0.497 e. The molecule has 0 saturated carbocycles. The van der Waals surface area contributed by atoms with Crippen molar-refractivity contribution >= 4 is 0 Å². The third kappa shape index (κ3) is 3.64. The Morgan fingerprint density at radius 3 is 2.22 bits per heavy atom. The summed E-state index contributed by atoms with van der Waals surface area (Å²) in [5, 5.41) is 9.53. The molecule has 0 aromatic heterocycles. The van der Waals surface area contributed by atoms with Gasteiger partial charge in [0.1, 0.15) is 17.6 Å². The highest BCUT2D eigenvalue weighted by Crippen LogP contribution is 2.35. The molecule has 1 rings (SSSR count). The van der Waals surface area contributed by atoms with E-state index in [2.05, 4.69) is 20.8 Å². The van der Waals surface area contributed by atoms with Crippen molar-refractivity contribution in [3.05, 3.63) is 23.8 Å². The van der Waals surface area contributed by atoms with Gasteiger partial charge in [0.05, 0.1) is 13.2 Å². The highest BCUT2D eigenvalue weighted by atomic mass is 16.5. The number of hydrogen-bond acceptors (Lipinski definition) is 3. The molecule has 1 N–H and O–H groups in total. The molecule has 0 aliphatic rings. The fraction of sp³-hybridized carbons (Fsp3) is 0.600. The first-order valence-corrected chi connectivity index (χ1v) is 6.29. The molecule has 102 valence electrons. The Labute approximate surface area is 110 Å². The minimum Gasteiger partial charge on any atom is -0.497 e. The zero-order chi connectivity index (χ0) is 13.9. The molecule has 2 unspecified atom stereocenters. The Bertz CT molecular complexity index is 391. The standard InChI is InChI=1S/C15H24O3/c1-10(16)11(2)18-14-8-7-12(17-6)9-13(14)15(3,4)5/h7-11,16H,1-6H3. The molecule has 0 heterocycles. The molecular formula is C15H24O3. The van der Waals surface area contributed by atoms with Crippen molar-refractivity contribution in [2.24, 2.45) is 0 Å². The van der Waals surface area contributed by atoms with Crippen LogP contribution in [0.25, 0.3) is 0 Å². The van der Waals surface area contributed by atoms with Gasteiger partial charge in [-0.25, -0.2) is 0 Å². The van der Waals surface area contributed by atoms with Crippen molar-refractivity contribution in [2.75, 3.05) is 7.11 Å². The van der Waals surface area contributed by atoms with Gasteiger partial charge in [-0.1, -0.05) is 20.8 Å². The molecule has 0 aliphatic heterocycles. The van der Waals surface area contributed by atoms with Crippen LogP contribution in [-0.2, 0) is 5.41 Å². The van der Waals surface area contributed by atoms with Crippen LogP contribution in [0.15, 0.2) is 18.2 Å². The summed E-state index contributed by atoms with van der Waals surface area (Å²) in [5.41, 5.74) is 1.04. The summed E-state index contributed by atoms with van der Waals surface area (Å²) in [4.78, 5) is 0. The maximum absolute atomic E-state index is 9.53. The maximum Gasteiger partial charge on any atom is 0.123 e. The van der Waals surface area contributed by atoms with E-state index in [4.69, 9.17) is 9.47 Å². The van der Waals surface area contributed by atoms with E-state index in [1.807, 2.05) is 25.1 Å². The molecule has 3 heteroatoms. The van der Waals surface area contributed by atoms with Gasteiger partial charge in [-0.05, 0) is 37.5 Å². The van der Waals surface area contributed by atoms with Gasteiger partial charge in [0, 0.05) is 5.56 Å². The Balaban J connectivity index is 3.11. The zero-order valence-corrected chi connectivity index (χ0v) is 12.2. The van der Waals surface area contributed by atoms with Gasteiger partial charge in [0.15, 0.2) is 0 Å². The minimum absolute atomic E-state index is 0.0394. The van der Waals surface area contributed by atoms with Gasteiger partial charge in [-0.2, -0.15) is 0 Å². The van der Waals surface area contributed by atoms with Crippen LogP contribution in [0.5, 0.6) is 11.5 Å². The highest BCUT2D eigenvalue weighted by Gasteiger charge is 2.22. The fourth-order valence-electron chi connectivity index (χ4n) is 1.62. The van der Waals surface area contributed by atoms with Gasteiger partial charge in [-0.15, -0.1) is 0 Å². The van der Waals surface area contributed by atoms with Crippen molar-refractivity contribution in [1.29, 1.82) is 0 Å². The molecule has 0 fully saturated rings. The van der Waals surface area contributed by atoms with E-state index < -0.39 is 6.10 Å². The van der Waals surface area contributed by atoms with Crippen LogP contribution in [0.3, 0.4) is 0 Å². The summed E-state index contributed by atoms with van der Waals surface area (Å²) < 4.78 is 11.1. The van der Waals surface area contributed by atoms with Gasteiger partial charge in [0.25, 0.3) is 0 Å². The minimum atomic E-state index is -0.500. The molecule has 0 amide bonds. The molecule has 1 aromatic carbocycles. The topological polar surface area (TPSA) is 38.7 Å². The second-order valence-electron chi connectivity index (χ2n) is 5.68. The van der Waals surface area contributed by atoms with Crippen LogP contribution in [0.1, 0.15) is 40.2 Å². The Kier molecular flexibility index (Phi) is 4.63. The summed E-state index contributed by atoms with van der Waals surface area (Å²) >= 11 is 0. The smallest absolute Gasteiger partial charge is 0.123 e. The summed E-state index contributed by atoms with van der Waals surface area (Å²) in [7, 11) is 1.65. The molecule has 0 aliphatic carbocycles. The lowest BCUT2D eigenvalue weighted by atomic mass is 9.86. The first-order chi connectivity index (χ1) is 8.25. The van der Waals surface area contributed by atoms with E-state index in [1.54, 1.807) is 14.0 Å². The van der Waals surface area contributed by atoms with Gasteiger partial charge >= 0.3 is 0 Å². The van der Waals surface area contributed by atoms with Crippen LogP contribution in [0.2, 0.25) is 0 Å². The van der Waals surface area contributed by atoms with Gasteiger partial charge < -0.3 is 14.6 Å². The monoisotopic (exact) mass is 252 g/mol. The normalized spacial score (nSPS) is 15.1. The second kappa shape index (κ2) is 5.61. The highest BCUT2D eigenvalue weighted by molar-refractivity contribution is 5.44. The molecule has 1 aromatic rings. The molecule has 0 radical (unpaired) electrons. The summed E-state index contributed by atoms with van der Waals surface area (Å²) in [6, 6.07) is 5.77. The molecule has 18 heavy (non-hydrogen) atoms. The molecular weight excluding hydrogens is 228 g/mol. The van der Waals surface area contributed by atoms with Crippen molar-refractivity contribution in [2.45, 2.75) is 52.2 Å². The summed E-state index contributed by atoms with van der Waals surface area (Å²) in [5.74, 6) is 1.62. The number of aliphatic hydroxyl groups excluding tert-OH is 1. The Morgan fingerprint density at radius 1 is 1.17 bits per heavy atom. The first-order valence-electron chi connectivity index (χ1n) is 6.29. The number of rotatable bonds is 4. The third-order valence-electron chi connectivity index (χ3n) is 2.99. The van der Waals surface area contributed by atoms with Crippen molar-refractivity contribution in [1.82, 2.24) is 0 Å². The van der Waals surface area contributed by atoms with Crippen molar-refractivity contribution < 1.29 is 14.6 Å². The van der Waals surface area contributed by atoms with Crippen LogP contribution < -0.4 is 9.47 Å². The van der Waals surface area contributed by atoms with Gasteiger partial charge in [-0.3, -0.25) is 0 Å². The van der Waals surface area contributed by atoms with Crippen molar-refractivity contribution in [3.8, 4) is 11.5 Å². The SMILES string of the molecule is COc1ccc(OC(C)C(C)O)c(C(C)(C)C)c1. The van der Waals surface area contributed by atoms with E-state index in [9.17, 15) is 5.11 Å². The number of hydrogen-bond donors (Lipinski definition) is 1. The van der Waals surface area contributed by atoms with Gasteiger partial charge in [0.2, 0.25) is 0 Å². The molecule has 0 spiro atoms. The molecule has 0 saturated heterocycles. The van der Waals surface area contributed by atoms with E-state index in [1.165, 1.54) is 0 Å². The lowest BCUT2D eigenvalue weighted by molar-refractivity contribution is 0.0592. The molecule has 2 atom stereocenters. The van der Waals surface area contributed by atoms with Crippen LogP contribution >= 0.6 is 0 Å². The Hall–Kier alpha value is -1.22. The molecule has 3 nitrogen and oxygen atoms in total. The van der Waals surface area contributed by atoms with Crippen molar-refractivity contribution in [3.63, 3.8) is 0 Å². The number of aliphatic hydroxyl groups is 1. The first kappa shape index (κ1) is 14.8. The average molecular weight is 252 g/mol. The quantitative estimate of drug-likeness (QED) is 0.894. The van der Waals surface area contributed by atoms with E-state index >= 15 is 0 Å². The van der Waals surface area contributed by atoms with E-state index in [0.717, 1.165) is 17.1 Å². The summed E-state index contributed by atoms with van der Waals surface area (Å²) in [6.07, 6.45) is -0.737. The van der Waals surface area contributed by atoms with E-state index in [-0.39, 0.29) is 11.5 Å². The predicted molar refractivity (Wildman–Crippen MR) is 73.5 cm³/mol. The second-order valence-corrected chi connectivity index (χ2v) is 5.68. The maximum atomic E-state index is 9.53. The fourth-order valence-corrected chi connectivity index (χ4v) is 1.62. The lowest BCUT2D eigenvalue weighted by Gasteiger charge is -2.26. The van der Waals surface area contributed by atoms with Crippen LogP contribution in [0, 0.1) is 0 Å².